The van der Waals surface area contributed by atoms with Crippen LogP contribution in [0, 0.1) is 0 Å². The minimum Gasteiger partial charge on any atom is -0.448 e. The number of alkyl halides is 3. The van der Waals surface area contributed by atoms with Gasteiger partial charge in [0.1, 0.15) is 6.54 Å². The Balaban J connectivity index is 1.90. The highest BCUT2D eigenvalue weighted by atomic mass is 35.5. The quantitative estimate of drug-likeness (QED) is 0.435. The number of piperidine rings is 1. The van der Waals surface area contributed by atoms with Crippen LogP contribution in [0.25, 0.3) is 0 Å². The van der Waals surface area contributed by atoms with E-state index in [0.29, 0.717) is 24.3 Å². The molecule has 2 aliphatic rings. The van der Waals surface area contributed by atoms with Gasteiger partial charge in [0.05, 0.1) is 12.5 Å². The maximum absolute atomic E-state index is 13.5. The average Bonchev–Trinajstić information content (AvgIpc) is 2.66. The molecule has 2 aliphatic heterocycles. The molecule has 166 valence electrons. The number of halogens is 4. The van der Waals surface area contributed by atoms with Gasteiger partial charge in [0.2, 0.25) is 5.60 Å². The zero-order valence-electron chi connectivity index (χ0n) is 16.7. The number of hydrogen-bond acceptors (Lipinski definition) is 5. The van der Waals surface area contributed by atoms with Crippen LogP contribution in [-0.2, 0) is 14.3 Å². The number of carbonyl (C=O) groups is 2. The van der Waals surface area contributed by atoms with Crippen molar-refractivity contribution in [2.24, 2.45) is 0 Å². The Bertz CT molecular complexity index is 782. The zero-order chi connectivity index (χ0) is 22.1. The summed E-state index contributed by atoms with van der Waals surface area (Å²) < 4.78 is 45.4. The molecule has 1 spiro atoms. The van der Waals surface area contributed by atoms with Crippen LogP contribution in [0.3, 0.4) is 0 Å². The molecule has 1 aromatic rings. The van der Waals surface area contributed by atoms with Crippen LogP contribution in [0.4, 0.5) is 13.2 Å². The molecule has 0 radical (unpaired) electrons. The number of nitrogens with zero attached hydrogens (tertiary/aromatic N) is 2. The SMILES string of the molecule is CC[C@@H](CN(CC(F)(F)F)SC)N1C(=O)[C@]2(CCC1c1ccc(Cl)cc1)CC(=O)O2. The Morgan fingerprint density at radius 2 is 1.97 bits per heavy atom. The standard InChI is InChI=1S/C20H24ClF3N2O3S/c1-3-15(11-25(30-2)12-20(22,23)24)26-16(13-4-6-14(21)7-5-13)8-9-19(18(26)28)10-17(27)29-19/h4-7,15-16H,3,8-12H2,1-2H3/t15-,16?,19-/m0/s1. The second-order valence-corrected chi connectivity index (χ2v) is 8.96. The monoisotopic (exact) mass is 464 g/mol. The lowest BCUT2D eigenvalue weighted by Crippen LogP contribution is -2.65. The summed E-state index contributed by atoms with van der Waals surface area (Å²) in [6, 6.07) is 6.32. The van der Waals surface area contributed by atoms with Gasteiger partial charge >= 0.3 is 12.1 Å². The minimum absolute atomic E-state index is 0.0148. The van der Waals surface area contributed by atoms with E-state index in [2.05, 4.69) is 0 Å². The fourth-order valence-electron chi connectivity index (χ4n) is 4.18. The third-order valence-electron chi connectivity index (χ3n) is 5.67. The fourth-order valence-corrected chi connectivity index (χ4v) is 4.90. The summed E-state index contributed by atoms with van der Waals surface area (Å²) in [5.41, 5.74) is -0.319. The summed E-state index contributed by atoms with van der Waals surface area (Å²) in [7, 11) is 0. The van der Waals surface area contributed by atoms with E-state index in [1.165, 1.54) is 4.31 Å². The highest BCUT2D eigenvalue weighted by molar-refractivity contribution is 7.96. The number of benzene rings is 1. The van der Waals surface area contributed by atoms with E-state index in [0.717, 1.165) is 17.5 Å². The van der Waals surface area contributed by atoms with Crippen molar-refractivity contribution in [3.05, 3.63) is 34.9 Å². The predicted molar refractivity (Wildman–Crippen MR) is 109 cm³/mol. The van der Waals surface area contributed by atoms with Gasteiger partial charge in [-0.25, -0.2) is 4.31 Å². The molecule has 30 heavy (non-hydrogen) atoms. The molecule has 0 aliphatic carbocycles. The molecule has 2 heterocycles. The van der Waals surface area contributed by atoms with Crippen molar-refractivity contribution in [1.82, 2.24) is 9.21 Å². The molecule has 1 unspecified atom stereocenters. The smallest absolute Gasteiger partial charge is 0.402 e. The molecule has 3 rings (SSSR count). The summed E-state index contributed by atoms with van der Waals surface area (Å²) in [4.78, 5) is 26.6. The normalized spacial score (nSPS) is 25.4. The Labute approximate surface area is 183 Å². The first kappa shape index (κ1) is 23.2. The van der Waals surface area contributed by atoms with Gasteiger partial charge in [0.25, 0.3) is 5.91 Å². The van der Waals surface area contributed by atoms with E-state index in [4.69, 9.17) is 16.3 Å². The van der Waals surface area contributed by atoms with Crippen LogP contribution in [0.1, 0.15) is 44.2 Å². The predicted octanol–water partition coefficient (Wildman–Crippen LogP) is 4.61. The Morgan fingerprint density at radius 3 is 2.47 bits per heavy atom. The van der Waals surface area contributed by atoms with Gasteiger partial charge in [0, 0.05) is 17.6 Å². The first-order valence-corrected chi connectivity index (χ1v) is 11.3. The number of amides is 1. The van der Waals surface area contributed by atoms with Crippen LogP contribution >= 0.6 is 23.5 Å². The van der Waals surface area contributed by atoms with Crippen LogP contribution in [0.15, 0.2) is 24.3 Å². The van der Waals surface area contributed by atoms with Gasteiger partial charge in [-0.15, -0.1) is 0 Å². The maximum atomic E-state index is 13.5. The van der Waals surface area contributed by atoms with E-state index in [1.54, 1.807) is 23.3 Å². The number of carbonyl (C=O) groups excluding carboxylic acids is 2. The van der Waals surface area contributed by atoms with Crippen molar-refractivity contribution in [2.75, 3.05) is 19.3 Å². The fraction of sp³-hybridized carbons (Fsp3) is 0.600. The van der Waals surface area contributed by atoms with Gasteiger partial charge in [-0.05, 0) is 43.2 Å². The average molecular weight is 465 g/mol. The molecule has 10 heteroatoms. The summed E-state index contributed by atoms with van der Waals surface area (Å²) >= 11 is 6.99. The van der Waals surface area contributed by atoms with Crippen LogP contribution in [0.2, 0.25) is 5.02 Å². The molecule has 0 saturated carbocycles. The molecule has 1 amide bonds. The number of ether oxygens (including phenoxy) is 1. The first-order valence-electron chi connectivity index (χ1n) is 9.74. The van der Waals surface area contributed by atoms with Crippen LogP contribution < -0.4 is 0 Å². The van der Waals surface area contributed by atoms with Crippen molar-refractivity contribution >= 4 is 35.4 Å². The van der Waals surface area contributed by atoms with Crippen LogP contribution in [-0.4, -0.2) is 58.2 Å². The van der Waals surface area contributed by atoms with Gasteiger partial charge in [-0.2, -0.15) is 13.2 Å². The van der Waals surface area contributed by atoms with Crippen molar-refractivity contribution in [1.29, 1.82) is 0 Å². The molecular formula is C20H24ClF3N2O3S. The van der Waals surface area contributed by atoms with E-state index in [9.17, 15) is 22.8 Å². The van der Waals surface area contributed by atoms with E-state index in [-0.39, 0.29) is 24.9 Å². The second kappa shape index (κ2) is 8.96. The Morgan fingerprint density at radius 1 is 1.33 bits per heavy atom. The largest absolute Gasteiger partial charge is 0.448 e. The molecule has 0 bridgehead atoms. The van der Waals surface area contributed by atoms with Crippen molar-refractivity contribution in [3.8, 4) is 0 Å². The lowest BCUT2D eigenvalue weighted by Gasteiger charge is -2.51. The molecule has 2 fully saturated rings. The summed E-state index contributed by atoms with van der Waals surface area (Å²) in [5.74, 6) is -0.752. The molecule has 0 aromatic heterocycles. The van der Waals surface area contributed by atoms with E-state index in [1.807, 2.05) is 19.1 Å². The lowest BCUT2D eigenvalue weighted by molar-refractivity contribution is -0.211. The Hall–Kier alpha value is -1.45. The third kappa shape index (κ3) is 4.89. The minimum atomic E-state index is -4.34. The van der Waals surface area contributed by atoms with Gasteiger partial charge < -0.3 is 9.64 Å². The van der Waals surface area contributed by atoms with Gasteiger partial charge in [0.15, 0.2) is 0 Å². The summed E-state index contributed by atoms with van der Waals surface area (Å²) in [5, 5.41) is 0.558. The lowest BCUT2D eigenvalue weighted by atomic mass is 9.79. The molecular weight excluding hydrogens is 441 g/mol. The molecule has 5 nitrogen and oxygen atoms in total. The van der Waals surface area contributed by atoms with Crippen LogP contribution in [0.5, 0.6) is 0 Å². The Kier molecular flexibility index (Phi) is 6.94. The molecule has 0 N–H and O–H groups in total. The van der Waals surface area contributed by atoms with Gasteiger partial charge in [-0.3, -0.25) is 9.59 Å². The number of rotatable bonds is 7. The number of hydrogen-bond donors (Lipinski definition) is 0. The van der Waals surface area contributed by atoms with Crippen molar-refractivity contribution in [3.63, 3.8) is 0 Å². The third-order valence-corrected chi connectivity index (χ3v) is 6.71. The first-order chi connectivity index (χ1) is 14.1. The molecule has 1 aromatic carbocycles. The summed E-state index contributed by atoms with van der Waals surface area (Å²) in [6.45, 7) is 0.826. The summed E-state index contributed by atoms with van der Waals surface area (Å²) in [6.07, 6.45) is -1.33. The maximum Gasteiger partial charge on any atom is 0.402 e. The number of esters is 1. The van der Waals surface area contributed by atoms with Gasteiger partial charge in [-0.1, -0.05) is 42.6 Å². The number of likely N-dealkylation sites (tertiary alicyclic amines) is 1. The van der Waals surface area contributed by atoms with E-state index >= 15 is 0 Å². The van der Waals surface area contributed by atoms with E-state index < -0.39 is 30.3 Å². The molecule has 3 atom stereocenters. The highest BCUT2D eigenvalue weighted by Crippen LogP contribution is 2.45. The van der Waals surface area contributed by atoms with Crippen molar-refractivity contribution < 1.29 is 27.5 Å². The second-order valence-electron chi connectivity index (χ2n) is 7.65. The van der Waals surface area contributed by atoms with Crippen molar-refractivity contribution in [2.45, 2.75) is 56.5 Å². The molecule has 2 saturated heterocycles. The topological polar surface area (TPSA) is 49.9 Å². The highest BCUT2D eigenvalue weighted by Gasteiger charge is 2.58. The zero-order valence-corrected chi connectivity index (χ0v) is 18.3.